The van der Waals surface area contributed by atoms with Gasteiger partial charge in [-0.2, -0.15) is 5.26 Å². The summed E-state index contributed by atoms with van der Waals surface area (Å²) in [7, 11) is 10.2. The van der Waals surface area contributed by atoms with Gasteiger partial charge in [-0.1, -0.05) is 72.8 Å². The molecule has 0 aliphatic carbocycles. The third kappa shape index (κ3) is 8.15. The Morgan fingerprint density at radius 2 is 0.548 bits per heavy atom. The minimum absolute atomic E-state index is 0.607. The second-order valence-corrected chi connectivity index (χ2v) is 21.0. The van der Waals surface area contributed by atoms with Gasteiger partial charge in [-0.05, 0) is 191 Å². The van der Waals surface area contributed by atoms with Gasteiger partial charge in [0.1, 0.15) is 34.5 Å². The van der Waals surface area contributed by atoms with Crippen LogP contribution in [0, 0.1) is 11.3 Å². The van der Waals surface area contributed by atoms with E-state index in [0.717, 1.165) is 150 Å². The number of hydrogen-bond donors (Lipinski definition) is 0. The molecule has 0 N–H and O–H groups in total. The molecule has 0 fully saturated rings. The van der Waals surface area contributed by atoms with Crippen LogP contribution in [0.3, 0.4) is 0 Å². The van der Waals surface area contributed by atoms with Crippen LogP contribution in [0.5, 0.6) is 34.5 Å². The summed E-state index contributed by atoms with van der Waals surface area (Å²) in [4.78, 5) is 0. The fourth-order valence-electron chi connectivity index (χ4n) is 12.8. The highest BCUT2D eigenvalue weighted by Crippen LogP contribution is 2.48. The number of fused-ring (bicyclic) bond motifs is 9. The zero-order valence-corrected chi connectivity index (χ0v) is 47.2. The molecule has 0 aliphatic heterocycles. The quantitative estimate of drug-likeness (QED) is 0.100. The second-order valence-electron chi connectivity index (χ2n) is 21.0. The maximum absolute atomic E-state index is 9.93. The normalized spacial score (nSPS) is 11.7. The summed E-state index contributed by atoms with van der Waals surface area (Å²) in [5.41, 5.74) is 15.2. The van der Waals surface area contributed by atoms with E-state index in [1.807, 2.05) is 54.6 Å². The number of aromatic nitrogens is 3. The van der Waals surface area contributed by atoms with Gasteiger partial charge in [-0.15, -0.1) is 0 Å². The third-order valence-electron chi connectivity index (χ3n) is 16.9. The van der Waals surface area contributed by atoms with Gasteiger partial charge in [0.05, 0.1) is 92.8 Å². The Morgan fingerprint density at radius 3 is 0.798 bits per heavy atom. The molecule has 0 atom stereocenters. The van der Waals surface area contributed by atoms with Gasteiger partial charge in [-0.25, -0.2) is 0 Å². The van der Waals surface area contributed by atoms with Crippen molar-refractivity contribution in [2.24, 2.45) is 0 Å². The van der Waals surface area contributed by atoms with Crippen molar-refractivity contribution in [2.75, 3.05) is 42.7 Å². The first kappa shape index (κ1) is 51.3. The molecule has 10 heteroatoms. The highest BCUT2D eigenvalue weighted by molar-refractivity contribution is 6.12. The molecule has 0 saturated heterocycles. The van der Waals surface area contributed by atoms with Crippen molar-refractivity contribution in [1.29, 1.82) is 5.26 Å². The molecule has 0 amide bonds. The molecule has 10 nitrogen and oxygen atoms in total. The standard InChI is InChI=1S/C74H56N4O6/c1-79-56-26-32-68-62(39-56)63-40-57(80-2)27-33-69(63)76(68)53-20-14-50(15-21-53)74(49-12-10-47(11-13-49)48-9-7-8-46(38-48)45-75,51-16-22-54(23-17-51)77-70-34-28-58(81-3)41-64(70)65-42-59(82-4)29-35-71(65)77)52-18-24-55(25-19-52)78-72-36-30-60(83-5)43-66(72)67-44-61(84-6)31-37-73(67)78/h7-44H,1-6H3. The van der Waals surface area contributed by atoms with E-state index in [1.165, 1.54) is 0 Å². The van der Waals surface area contributed by atoms with Crippen LogP contribution in [-0.2, 0) is 5.41 Å². The zero-order valence-electron chi connectivity index (χ0n) is 47.2. The molecule has 0 spiro atoms. The lowest BCUT2D eigenvalue weighted by atomic mass is 9.65. The van der Waals surface area contributed by atoms with Crippen LogP contribution in [0.2, 0.25) is 0 Å². The number of hydrogen-bond acceptors (Lipinski definition) is 7. The predicted octanol–water partition coefficient (Wildman–Crippen LogP) is 17.0. The van der Waals surface area contributed by atoms with E-state index < -0.39 is 5.41 Å². The van der Waals surface area contributed by atoms with Crippen molar-refractivity contribution in [1.82, 2.24) is 13.7 Å². The first-order chi connectivity index (χ1) is 41.3. The summed E-state index contributed by atoms with van der Waals surface area (Å²) in [6.45, 7) is 0. The summed E-state index contributed by atoms with van der Waals surface area (Å²) in [5, 5.41) is 16.3. The maximum atomic E-state index is 9.93. The molecule has 3 aromatic heterocycles. The monoisotopic (exact) mass is 1100 g/mol. The highest BCUT2D eigenvalue weighted by Gasteiger charge is 2.39. The van der Waals surface area contributed by atoms with E-state index in [-0.39, 0.29) is 0 Å². The summed E-state index contributed by atoms with van der Waals surface area (Å²) >= 11 is 0. The van der Waals surface area contributed by atoms with Crippen LogP contribution >= 0.6 is 0 Å². The first-order valence-electron chi connectivity index (χ1n) is 27.7. The SMILES string of the molecule is COc1ccc2c(c1)c1cc(OC)ccc1n2-c1ccc(C(c2ccc(-c3cccc(C#N)c3)cc2)(c2ccc(-n3c4ccc(OC)cc4c4cc(OC)ccc43)cc2)c2ccc(-n3c4ccc(OC)cc4c4cc(OC)ccc43)cc2)cc1. The number of rotatable bonds is 14. The summed E-state index contributed by atoms with van der Waals surface area (Å²) in [6, 6.07) is 83.6. The van der Waals surface area contributed by atoms with Crippen LogP contribution in [-0.4, -0.2) is 56.4 Å². The number of nitriles is 1. The molecule has 11 aromatic carbocycles. The van der Waals surface area contributed by atoms with Crippen LogP contribution in [0.25, 0.3) is 93.6 Å². The number of benzene rings is 11. The molecule has 0 bridgehead atoms. The Hall–Kier alpha value is -10.9. The Bertz CT molecular complexity index is 4310. The van der Waals surface area contributed by atoms with E-state index in [0.29, 0.717) is 5.56 Å². The fourth-order valence-corrected chi connectivity index (χ4v) is 12.8. The summed E-state index contributed by atoms with van der Waals surface area (Å²) in [5.74, 6) is 4.68. The highest BCUT2D eigenvalue weighted by atomic mass is 16.5. The zero-order chi connectivity index (χ0) is 57.2. The lowest BCUT2D eigenvalue weighted by Gasteiger charge is -2.37. The van der Waals surface area contributed by atoms with Gasteiger partial charge in [-0.3, -0.25) is 0 Å². The molecule has 3 heterocycles. The van der Waals surface area contributed by atoms with Crippen LogP contribution in [0.1, 0.15) is 27.8 Å². The van der Waals surface area contributed by atoms with E-state index >= 15 is 0 Å². The molecule has 0 saturated carbocycles. The minimum Gasteiger partial charge on any atom is -0.497 e. The van der Waals surface area contributed by atoms with Crippen molar-refractivity contribution >= 4 is 65.4 Å². The average Bonchev–Trinajstić information content (AvgIpc) is 2.19. The van der Waals surface area contributed by atoms with Crippen LogP contribution in [0.15, 0.2) is 231 Å². The maximum Gasteiger partial charge on any atom is 0.119 e. The smallest absolute Gasteiger partial charge is 0.119 e. The van der Waals surface area contributed by atoms with Gasteiger partial charge in [0.25, 0.3) is 0 Å². The fraction of sp³-hybridized carbons (Fsp3) is 0.0946. The van der Waals surface area contributed by atoms with Gasteiger partial charge >= 0.3 is 0 Å². The number of ether oxygens (including phenoxy) is 6. The van der Waals surface area contributed by atoms with Gasteiger partial charge in [0.2, 0.25) is 0 Å². The van der Waals surface area contributed by atoms with Gasteiger partial charge in [0.15, 0.2) is 0 Å². The molecule has 0 radical (unpaired) electrons. The van der Waals surface area contributed by atoms with Crippen LogP contribution in [0.4, 0.5) is 0 Å². The van der Waals surface area contributed by atoms with Gasteiger partial charge in [0, 0.05) is 49.4 Å². The Balaban J connectivity index is 1.01. The summed E-state index contributed by atoms with van der Waals surface area (Å²) < 4.78 is 41.5. The molecular weight excluding hydrogens is 1040 g/mol. The van der Waals surface area contributed by atoms with Crippen LogP contribution < -0.4 is 28.4 Å². The van der Waals surface area contributed by atoms with Crippen molar-refractivity contribution < 1.29 is 28.4 Å². The number of methoxy groups -OCH3 is 6. The van der Waals surface area contributed by atoms with E-state index in [4.69, 9.17) is 28.4 Å². The predicted molar refractivity (Wildman–Crippen MR) is 337 cm³/mol. The van der Waals surface area contributed by atoms with Gasteiger partial charge < -0.3 is 42.1 Å². The van der Waals surface area contributed by atoms with E-state index in [1.54, 1.807) is 42.7 Å². The molecule has 84 heavy (non-hydrogen) atoms. The average molecular weight is 1100 g/mol. The van der Waals surface area contributed by atoms with Crippen molar-refractivity contribution in [3.63, 3.8) is 0 Å². The van der Waals surface area contributed by atoms with E-state index in [2.05, 4.69) is 196 Å². The number of nitrogens with zero attached hydrogens (tertiary/aromatic N) is 4. The molecule has 0 unspecified atom stereocenters. The largest absolute Gasteiger partial charge is 0.497 e. The molecule has 14 rings (SSSR count). The second kappa shape index (κ2) is 20.6. The lowest BCUT2D eigenvalue weighted by Crippen LogP contribution is -2.31. The summed E-state index contributed by atoms with van der Waals surface area (Å²) in [6.07, 6.45) is 0. The molecule has 408 valence electrons. The third-order valence-corrected chi connectivity index (χ3v) is 16.9. The Labute approximate surface area is 485 Å². The lowest BCUT2D eigenvalue weighted by molar-refractivity contribution is 0.415. The van der Waals surface area contributed by atoms with Crippen molar-refractivity contribution in [3.8, 4) is 68.8 Å². The first-order valence-corrected chi connectivity index (χ1v) is 27.7. The van der Waals surface area contributed by atoms with Crippen molar-refractivity contribution in [3.05, 3.63) is 258 Å². The Morgan fingerprint density at radius 1 is 0.286 bits per heavy atom. The van der Waals surface area contributed by atoms with Crippen molar-refractivity contribution in [2.45, 2.75) is 5.41 Å². The molecule has 14 aromatic rings. The molecule has 0 aliphatic rings. The van der Waals surface area contributed by atoms with E-state index in [9.17, 15) is 5.26 Å². The Kier molecular flexibility index (Phi) is 12.6. The molecular formula is C74H56N4O6. The minimum atomic E-state index is -0.909. The topological polar surface area (TPSA) is 94.0 Å².